The molecule has 2 aromatic heterocycles. The van der Waals surface area contributed by atoms with E-state index in [1.165, 1.54) is 6.33 Å². The van der Waals surface area contributed by atoms with E-state index in [1.54, 1.807) is 18.3 Å². The van der Waals surface area contributed by atoms with Crippen LogP contribution in [0.1, 0.15) is 5.56 Å². The van der Waals surface area contributed by atoms with Crippen molar-refractivity contribution in [2.24, 2.45) is 0 Å². The number of nitrogens with zero attached hydrogens (tertiary/aromatic N) is 4. The predicted octanol–water partition coefficient (Wildman–Crippen LogP) is 4.02. The molecule has 4 aromatic rings. The first-order chi connectivity index (χ1) is 15.2. The molecule has 1 aliphatic rings. The summed E-state index contributed by atoms with van der Waals surface area (Å²) in [6.45, 7) is 0.491. The Morgan fingerprint density at radius 3 is 2.74 bits per heavy atom. The molecule has 0 radical (unpaired) electrons. The van der Waals surface area contributed by atoms with Crippen molar-refractivity contribution in [3.63, 3.8) is 0 Å². The summed E-state index contributed by atoms with van der Waals surface area (Å²) >= 11 is 0. The molecule has 0 saturated carbocycles. The molecule has 0 spiro atoms. The number of rotatable bonds is 6. The SMILES string of the molecule is O=[N+]([O-])c1c(NCc2ccc3c(c2)OCO3)ncnc1Nc1cccc2cccnc12. The van der Waals surface area contributed by atoms with E-state index >= 15 is 0 Å². The number of benzene rings is 2. The molecule has 10 heteroatoms. The fourth-order valence-corrected chi connectivity index (χ4v) is 3.34. The molecule has 2 N–H and O–H groups in total. The van der Waals surface area contributed by atoms with E-state index < -0.39 is 4.92 Å². The van der Waals surface area contributed by atoms with Crippen LogP contribution in [0.4, 0.5) is 23.0 Å². The Balaban J connectivity index is 1.44. The van der Waals surface area contributed by atoms with E-state index in [0.29, 0.717) is 29.2 Å². The van der Waals surface area contributed by atoms with Gasteiger partial charge in [-0.1, -0.05) is 24.3 Å². The van der Waals surface area contributed by atoms with Crippen LogP contribution in [0.25, 0.3) is 10.9 Å². The zero-order valence-electron chi connectivity index (χ0n) is 16.1. The van der Waals surface area contributed by atoms with Crippen molar-refractivity contribution >= 4 is 33.9 Å². The summed E-state index contributed by atoms with van der Waals surface area (Å²) in [5.74, 6) is 1.49. The van der Waals surface area contributed by atoms with Gasteiger partial charge >= 0.3 is 5.69 Å². The van der Waals surface area contributed by atoms with E-state index in [4.69, 9.17) is 9.47 Å². The van der Waals surface area contributed by atoms with Gasteiger partial charge in [0, 0.05) is 18.1 Å². The third-order valence-corrected chi connectivity index (χ3v) is 4.79. The molecule has 0 unspecified atom stereocenters. The molecule has 0 saturated heterocycles. The number of nitro groups is 1. The molecule has 1 aliphatic heterocycles. The summed E-state index contributed by atoms with van der Waals surface area (Å²) in [4.78, 5) is 23.9. The average Bonchev–Trinajstić information content (AvgIpc) is 3.26. The number of hydrogen-bond acceptors (Lipinski definition) is 9. The molecule has 3 heterocycles. The maximum atomic E-state index is 11.9. The van der Waals surface area contributed by atoms with Gasteiger partial charge in [-0.25, -0.2) is 9.97 Å². The molecule has 0 atom stereocenters. The van der Waals surface area contributed by atoms with Crippen molar-refractivity contribution in [3.8, 4) is 11.5 Å². The minimum absolute atomic E-state index is 0.0753. The van der Waals surface area contributed by atoms with Crippen molar-refractivity contribution in [1.29, 1.82) is 0 Å². The molecule has 0 aliphatic carbocycles. The lowest BCUT2D eigenvalue weighted by molar-refractivity contribution is -0.383. The summed E-state index contributed by atoms with van der Waals surface area (Å²) in [6.07, 6.45) is 2.94. The second kappa shape index (κ2) is 7.75. The number of aromatic nitrogens is 3. The number of ether oxygens (including phenoxy) is 2. The highest BCUT2D eigenvalue weighted by Gasteiger charge is 2.24. The van der Waals surface area contributed by atoms with Crippen LogP contribution in [0.15, 0.2) is 61.1 Å². The van der Waals surface area contributed by atoms with Crippen LogP contribution < -0.4 is 20.1 Å². The molecule has 31 heavy (non-hydrogen) atoms. The Labute approximate surface area is 176 Å². The summed E-state index contributed by atoms with van der Waals surface area (Å²) < 4.78 is 10.7. The van der Waals surface area contributed by atoms with Gasteiger partial charge in [0.2, 0.25) is 18.4 Å². The van der Waals surface area contributed by atoms with Gasteiger partial charge in [-0.2, -0.15) is 0 Å². The lowest BCUT2D eigenvalue weighted by Gasteiger charge is -2.11. The Morgan fingerprint density at radius 2 is 1.84 bits per heavy atom. The molecule has 2 aromatic carbocycles. The average molecular weight is 416 g/mol. The van der Waals surface area contributed by atoms with Crippen molar-refractivity contribution in [2.45, 2.75) is 6.54 Å². The first-order valence-corrected chi connectivity index (χ1v) is 9.41. The third-order valence-electron chi connectivity index (χ3n) is 4.79. The Hall–Kier alpha value is -4.47. The molecule has 0 fully saturated rings. The van der Waals surface area contributed by atoms with E-state index in [0.717, 1.165) is 10.9 Å². The second-order valence-electron chi connectivity index (χ2n) is 6.72. The van der Waals surface area contributed by atoms with Gasteiger partial charge in [-0.3, -0.25) is 15.1 Å². The lowest BCUT2D eigenvalue weighted by Crippen LogP contribution is -2.08. The van der Waals surface area contributed by atoms with Crippen molar-refractivity contribution in [1.82, 2.24) is 15.0 Å². The Bertz CT molecular complexity index is 1290. The van der Waals surface area contributed by atoms with Crippen LogP contribution in [0.2, 0.25) is 0 Å². The molecular formula is C21H16N6O4. The van der Waals surface area contributed by atoms with Gasteiger partial charge in [0.15, 0.2) is 11.5 Å². The highest BCUT2D eigenvalue weighted by Crippen LogP contribution is 2.35. The number of para-hydroxylation sites is 1. The van der Waals surface area contributed by atoms with Crippen LogP contribution in [0.3, 0.4) is 0 Å². The highest BCUT2D eigenvalue weighted by molar-refractivity contribution is 5.92. The molecule has 10 nitrogen and oxygen atoms in total. The lowest BCUT2D eigenvalue weighted by atomic mass is 10.2. The minimum Gasteiger partial charge on any atom is -0.454 e. The van der Waals surface area contributed by atoms with Gasteiger partial charge in [0.25, 0.3) is 0 Å². The normalized spacial score (nSPS) is 12.0. The molecule has 154 valence electrons. The van der Waals surface area contributed by atoms with Gasteiger partial charge in [-0.05, 0) is 29.8 Å². The summed E-state index contributed by atoms with van der Waals surface area (Å²) in [7, 11) is 0. The van der Waals surface area contributed by atoms with Crippen LogP contribution in [0, 0.1) is 10.1 Å². The maximum Gasteiger partial charge on any atom is 0.353 e. The number of pyridine rings is 1. The van der Waals surface area contributed by atoms with E-state index in [9.17, 15) is 10.1 Å². The second-order valence-corrected chi connectivity index (χ2v) is 6.72. The van der Waals surface area contributed by atoms with E-state index in [-0.39, 0.29) is 24.1 Å². The first kappa shape index (κ1) is 18.6. The number of fused-ring (bicyclic) bond motifs is 2. The van der Waals surface area contributed by atoms with Crippen molar-refractivity contribution < 1.29 is 14.4 Å². The van der Waals surface area contributed by atoms with Gasteiger partial charge in [0.05, 0.1) is 16.1 Å². The number of anilines is 3. The zero-order chi connectivity index (χ0) is 21.2. The Morgan fingerprint density at radius 1 is 1.00 bits per heavy atom. The molecule has 0 amide bonds. The van der Waals surface area contributed by atoms with Crippen molar-refractivity contribution in [3.05, 3.63) is 76.7 Å². The van der Waals surface area contributed by atoms with Gasteiger partial charge in [-0.15, -0.1) is 0 Å². The van der Waals surface area contributed by atoms with E-state index in [2.05, 4.69) is 25.6 Å². The summed E-state index contributed by atoms with van der Waals surface area (Å²) in [6, 6.07) is 14.8. The molecular weight excluding hydrogens is 400 g/mol. The maximum absolute atomic E-state index is 11.9. The third kappa shape index (κ3) is 3.62. The summed E-state index contributed by atoms with van der Waals surface area (Å²) in [5.41, 5.74) is 1.91. The van der Waals surface area contributed by atoms with Crippen LogP contribution >= 0.6 is 0 Å². The smallest absolute Gasteiger partial charge is 0.353 e. The van der Waals surface area contributed by atoms with Gasteiger partial charge in [0.1, 0.15) is 6.33 Å². The monoisotopic (exact) mass is 416 g/mol. The largest absolute Gasteiger partial charge is 0.454 e. The Kier molecular flexibility index (Phi) is 4.64. The molecule has 0 bridgehead atoms. The topological polar surface area (TPSA) is 124 Å². The summed E-state index contributed by atoms with van der Waals surface area (Å²) in [5, 5.41) is 18.8. The number of hydrogen-bond donors (Lipinski definition) is 2. The van der Waals surface area contributed by atoms with E-state index in [1.807, 2.05) is 36.4 Å². The molecule has 5 rings (SSSR count). The van der Waals surface area contributed by atoms with Gasteiger partial charge < -0.3 is 20.1 Å². The van der Waals surface area contributed by atoms with Crippen LogP contribution in [0.5, 0.6) is 11.5 Å². The zero-order valence-corrected chi connectivity index (χ0v) is 16.1. The number of nitrogens with one attached hydrogen (secondary N) is 2. The highest BCUT2D eigenvalue weighted by atomic mass is 16.7. The first-order valence-electron chi connectivity index (χ1n) is 9.41. The standard InChI is InChI=1S/C21H16N6O4/c28-27(29)19-20(23-10-13-6-7-16-17(9-13)31-12-30-16)24-11-25-21(19)26-15-5-1-3-14-4-2-8-22-18(14)15/h1-9,11H,10,12H2,(H2,23,24,25,26). The van der Waals surface area contributed by atoms with Crippen molar-refractivity contribution in [2.75, 3.05) is 17.4 Å². The minimum atomic E-state index is -0.511. The fourth-order valence-electron chi connectivity index (χ4n) is 3.34. The van der Waals surface area contributed by atoms with Crippen LogP contribution in [-0.4, -0.2) is 26.7 Å². The predicted molar refractivity (Wildman–Crippen MR) is 114 cm³/mol. The quantitative estimate of drug-likeness (QED) is 0.354. The fraction of sp³-hybridized carbons (Fsp3) is 0.0952. The van der Waals surface area contributed by atoms with Crippen LogP contribution in [-0.2, 0) is 6.54 Å².